The number of hydrogen-bond acceptors (Lipinski definition) is 3. The molecule has 3 aliphatic rings. The second-order valence-corrected chi connectivity index (χ2v) is 7.84. The van der Waals surface area contributed by atoms with E-state index in [1.165, 1.54) is 25.9 Å². The van der Waals surface area contributed by atoms with E-state index in [0.29, 0.717) is 18.3 Å². The summed E-state index contributed by atoms with van der Waals surface area (Å²) in [6.45, 7) is 9.06. The smallest absolute Gasteiger partial charge is 0.163 e. The lowest BCUT2D eigenvalue weighted by Gasteiger charge is -2.56. The number of carbonyl (C=O) groups excluding carboxylic acids is 1. The average Bonchev–Trinajstić information content (AvgIpc) is 2.92. The number of hydrogen-bond donors (Lipinski definition) is 0. The van der Waals surface area contributed by atoms with Crippen LogP contribution in [0.2, 0.25) is 0 Å². The molecular formula is C20H25NO2. The van der Waals surface area contributed by atoms with Crippen LogP contribution in [0.3, 0.4) is 0 Å². The molecule has 1 atom stereocenters. The van der Waals surface area contributed by atoms with E-state index in [1.54, 1.807) is 6.26 Å². The quantitative estimate of drug-likeness (QED) is 0.786. The zero-order valence-corrected chi connectivity index (χ0v) is 14.3. The summed E-state index contributed by atoms with van der Waals surface area (Å²) in [5, 5.41) is 1.06. The Morgan fingerprint density at radius 1 is 1.30 bits per heavy atom. The second kappa shape index (κ2) is 5.20. The summed E-state index contributed by atoms with van der Waals surface area (Å²) in [4.78, 5) is 15.5. The second-order valence-electron chi connectivity index (χ2n) is 7.84. The van der Waals surface area contributed by atoms with E-state index in [0.717, 1.165) is 22.1 Å². The number of ketones is 1. The van der Waals surface area contributed by atoms with Gasteiger partial charge in [-0.25, -0.2) is 0 Å². The number of carbonyl (C=O) groups is 1. The predicted molar refractivity (Wildman–Crippen MR) is 91.8 cm³/mol. The van der Waals surface area contributed by atoms with E-state index in [2.05, 4.69) is 18.7 Å². The highest BCUT2D eigenvalue weighted by Crippen LogP contribution is 2.45. The first kappa shape index (κ1) is 14.9. The molecule has 0 N–H and O–H groups in total. The Hall–Kier alpha value is -1.61. The van der Waals surface area contributed by atoms with Crippen molar-refractivity contribution >= 4 is 16.8 Å². The molecule has 3 fully saturated rings. The van der Waals surface area contributed by atoms with Crippen LogP contribution in [-0.4, -0.2) is 29.3 Å². The summed E-state index contributed by atoms with van der Waals surface area (Å²) in [5.41, 5.74) is 2.93. The highest BCUT2D eigenvalue weighted by Gasteiger charge is 2.47. The van der Waals surface area contributed by atoms with Crippen LogP contribution in [0.15, 0.2) is 28.9 Å². The maximum absolute atomic E-state index is 12.9. The molecular weight excluding hydrogens is 286 g/mol. The highest BCUT2D eigenvalue weighted by atomic mass is 16.3. The Bertz CT molecular complexity index is 750. The summed E-state index contributed by atoms with van der Waals surface area (Å²) >= 11 is 0. The highest BCUT2D eigenvalue weighted by molar-refractivity contribution is 6.00. The molecule has 3 saturated heterocycles. The van der Waals surface area contributed by atoms with E-state index in [4.69, 9.17) is 4.42 Å². The minimum Gasteiger partial charge on any atom is -0.464 e. The molecule has 0 amide bonds. The Morgan fingerprint density at radius 2 is 2.04 bits per heavy atom. The monoisotopic (exact) mass is 311 g/mol. The molecule has 0 unspecified atom stereocenters. The molecule has 0 saturated carbocycles. The third-order valence-electron chi connectivity index (χ3n) is 6.33. The summed E-state index contributed by atoms with van der Waals surface area (Å²) in [6, 6.07) is 5.85. The minimum absolute atomic E-state index is 0.145. The number of piperidine rings is 3. The van der Waals surface area contributed by atoms with Gasteiger partial charge in [0.05, 0.1) is 6.26 Å². The number of benzene rings is 1. The van der Waals surface area contributed by atoms with Gasteiger partial charge >= 0.3 is 0 Å². The molecule has 3 nitrogen and oxygen atoms in total. The van der Waals surface area contributed by atoms with E-state index in [1.807, 2.05) is 25.1 Å². The molecule has 3 aliphatic heterocycles. The molecule has 23 heavy (non-hydrogen) atoms. The molecule has 0 radical (unpaired) electrons. The standard InChI is InChI=1S/C20H25NO2/c1-13-12-23-19-5-4-15(10-16(13)19)18(22)11-17-14-6-8-21(9-7-14)20(17,2)3/h4-5,10,12,14,17H,6-9,11H2,1-3H3/t17-/m1/s1. The lowest BCUT2D eigenvalue weighted by Crippen LogP contribution is -2.61. The Kier molecular flexibility index (Phi) is 3.38. The zero-order valence-electron chi connectivity index (χ0n) is 14.3. The van der Waals surface area contributed by atoms with Gasteiger partial charge in [0.15, 0.2) is 5.78 Å². The first-order valence-electron chi connectivity index (χ1n) is 8.73. The Balaban J connectivity index is 1.60. The number of nitrogens with zero attached hydrogens (tertiary/aromatic N) is 1. The van der Waals surface area contributed by atoms with Gasteiger partial charge in [-0.2, -0.15) is 0 Å². The van der Waals surface area contributed by atoms with Crippen molar-refractivity contribution in [2.45, 2.75) is 45.6 Å². The van der Waals surface area contributed by atoms with Gasteiger partial charge in [0.2, 0.25) is 0 Å². The number of furan rings is 1. The van der Waals surface area contributed by atoms with Crippen LogP contribution >= 0.6 is 0 Å². The summed E-state index contributed by atoms with van der Waals surface area (Å²) in [7, 11) is 0. The number of rotatable bonds is 3. The first-order valence-corrected chi connectivity index (χ1v) is 8.73. The maximum atomic E-state index is 12.9. The van der Waals surface area contributed by atoms with Gasteiger partial charge in [-0.3, -0.25) is 9.69 Å². The molecule has 2 aromatic rings. The minimum atomic E-state index is 0.145. The van der Waals surface area contributed by atoms with Crippen molar-refractivity contribution in [3.8, 4) is 0 Å². The van der Waals surface area contributed by atoms with Crippen molar-refractivity contribution in [2.75, 3.05) is 13.1 Å². The van der Waals surface area contributed by atoms with E-state index >= 15 is 0 Å². The van der Waals surface area contributed by atoms with Crippen LogP contribution in [0.5, 0.6) is 0 Å². The van der Waals surface area contributed by atoms with Gasteiger partial charge in [0.1, 0.15) is 5.58 Å². The van der Waals surface area contributed by atoms with Gasteiger partial charge < -0.3 is 4.42 Å². The topological polar surface area (TPSA) is 33.5 Å². The molecule has 1 aromatic carbocycles. The maximum Gasteiger partial charge on any atom is 0.163 e. The molecule has 2 bridgehead atoms. The fourth-order valence-corrected chi connectivity index (χ4v) is 4.75. The predicted octanol–water partition coefficient (Wildman–Crippen LogP) is 4.43. The van der Waals surface area contributed by atoms with Gasteiger partial charge in [-0.05, 0) is 82.3 Å². The number of aryl methyl sites for hydroxylation is 1. The Morgan fingerprint density at radius 3 is 2.74 bits per heavy atom. The van der Waals surface area contributed by atoms with Crippen LogP contribution in [0.4, 0.5) is 0 Å². The van der Waals surface area contributed by atoms with E-state index < -0.39 is 0 Å². The van der Waals surface area contributed by atoms with Crippen LogP contribution in [0.25, 0.3) is 11.0 Å². The van der Waals surface area contributed by atoms with Gasteiger partial charge in [-0.1, -0.05) is 0 Å². The van der Waals surface area contributed by atoms with Gasteiger partial charge in [0, 0.05) is 22.9 Å². The number of Topliss-reactive ketones (excluding diaryl/α,β-unsaturated/α-hetero) is 1. The molecule has 122 valence electrons. The molecule has 0 spiro atoms. The molecule has 0 aliphatic carbocycles. The molecule has 1 aromatic heterocycles. The van der Waals surface area contributed by atoms with Crippen molar-refractivity contribution in [1.82, 2.24) is 4.90 Å². The van der Waals surface area contributed by atoms with Gasteiger partial charge in [-0.15, -0.1) is 0 Å². The normalized spacial score (nSPS) is 29.1. The summed E-state index contributed by atoms with van der Waals surface area (Å²) in [5.74, 6) is 1.45. The average molecular weight is 311 g/mol. The lowest BCUT2D eigenvalue weighted by atomic mass is 9.65. The Labute approximate surface area is 137 Å². The van der Waals surface area contributed by atoms with Crippen molar-refractivity contribution in [3.05, 3.63) is 35.6 Å². The van der Waals surface area contributed by atoms with Gasteiger partial charge in [0.25, 0.3) is 0 Å². The van der Waals surface area contributed by atoms with Crippen molar-refractivity contribution in [2.24, 2.45) is 11.8 Å². The van der Waals surface area contributed by atoms with E-state index in [-0.39, 0.29) is 11.3 Å². The summed E-state index contributed by atoms with van der Waals surface area (Å²) in [6.07, 6.45) is 4.93. The van der Waals surface area contributed by atoms with Crippen LogP contribution in [0.1, 0.15) is 49.0 Å². The first-order chi connectivity index (χ1) is 11.0. The fourth-order valence-electron chi connectivity index (χ4n) is 4.75. The van der Waals surface area contributed by atoms with Crippen LogP contribution in [-0.2, 0) is 0 Å². The van der Waals surface area contributed by atoms with Crippen molar-refractivity contribution in [3.63, 3.8) is 0 Å². The fraction of sp³-hybridized carbons (Fsp3) is 0.550. The molecule has 5 rings (SSSR count). The third-order valence-corrected chi connectivity index (χ3v) is 6.33. The van der Waals surface area contributed by atoms with Crippen LogP contribution in [0, 0.1) is 18.8 Å². The molecule has 3 heteroatoms. The van der Waals surface area contributed by atoms with Crippen molar-refractivity contribution in [1.29, 1.82) is 0 Å². The SMILES string of the molecule is Cc1coc2ccc(C(=O)C[C@@H]3C4CCN(CC4)C3(C)C)cc12. The largest absolute Gasteiger partial charge is 0.464 e. The zero-order chi connectivity index (χ0) is 16.2. The molecule has 4 heterocycles. The number of fused-ring (bicyclic) bond motifs is 4. The van der Waals surface area contributed by atoms with Crippen molar-refractivity contribution < 1.29 is 9.21 Å². The summed E-state index contributed by atoms with van der Waals surface area (Å²) < 4.78 is 5.49. The lowest BCUT2D eigenvalue weighted by molar-refractivity contribution is -0.0643. The van der Waals surface area contributed by atoms with E-state index in [9.17, 15) is 4.79 Å². The third kappa shape index (κ3) is 2.33. The van der Waals surface area contributed by atoms with Crippen LogP contribution < -0.4 is 0 Å².